The SMILES string of the molecule is O=C(NCCNc1ncc(C(F)(F)F)s1)c1ccc(O)cc1. The molecule has 0 atom stereocenters. The molecule has 9 heteroatoms. The van der Waals surface area contributed by atoms with Crippen molar-refractivity contribution >= 4 is 22.4 Å². The van der Waals surface area contributed by atoms with Gasteiger partial charge in [0.25, 0.3) is 5.91 Å². The first-order valence-corrected chi connectivity index (χ1v) is 7.02. The van der Waals surface area contributed by atoms with Gasteiger partial charge in [-0.3, -0.25) is 4.79 Å². The number of alkyl halides is 3. The van der Waals surface area contributed by atoms with E-state index in [0.29, 0.717) is 16.9 Å². The predicted octanol–water partition coefficient (Wildman–Crippen LogP) is 2.71. The first-order chi connectivity index (χ1) is 10.4. The number of hydrogen-bond acceptors (Lipinski definition) is 5. The molecule has 0 bridgehead atoms. The Morgan fingerprint density at radius 3 is 2.50 bits per heavy atom. The van der Waals surface area contributed by atoms with Crippen LogP contribution >= 0.6 is 11.3 Å². The molecule has 118 valence electrons. The van der Waals surface area contributed by atoms with Crippen LogP contribution in [0.15, 0.2) is 30.5 Å². The molecule has 2 rings (SSSR count). The van der Waals surface area contributed by atoms with Crippen LogP contribution in [0.5, 0.6) is 5.75 Å². The molecule has 1 amide bonds. The monoisotopic (exact) mass is 331 g/mol. The van der Waals surface area contributed by atoms with E-state index in [9.17, 15) is 18.0 Å². The van der Waals surface area contributed by atoms with Crippen LogP contribution in [-0.2, 0) is 6.18 Å². The number of amides is 1. The zero-order valence-electron chi connectivity index (χ0n) is 11.1. The van der Waals surface area contributed by atoms with Gasteiger partial charge in [-0.15, -0.1) is 0 Å². The van der Waals surface area contributed by atoms with Gasteiger partial charge in [-0.1, -0.05) is 11.3 Å². The summed E-state index contributed by atoms with van der Waals surface area (Å²) in [4.78, 5) is 14.6. The molecule has 0 unspecified atom stereocenters. The van der Waals surface area contributed by atoms with Crippen LogP contribution in [0.3, 0.4) is 0 Å². The Hall–Kier alpha value is -2.29. The molecule has 1 heterocycles. The van der Waals surface area contributed by atoms with Crippen molar-refractivity contribution in [2.24, 2.45) is 0 Å². The fourth-order valence-electron chi connectivity index (χ4n) is 1.55. The lowest BCUT2D eigenvalue weighted by atomic mass is 10.2. The van der Waals surface area contributed by atoms with Gasteiger partial charge in [0.15, 0.2) is 5.13 Å². The molecule has 2 aromatic rings. The Labute approximate surface area is 127 Å². The molecular formula is C13H12F3N3O2S. The number of thiazole rings is 1. The number of carbonyl (C=O) groups excluding carboxylic acids is 1. The second-order valence-electron chi connectivity index (χ2n) is 4.26. The number of nitrogens with one attached hydrogen (secondary N) is 2. The average Bonchev–Trinajstić information content (AvgIpc) is 2.93. The highest BCUT2D eigenvalue weighted by Crippen LogP contribution is 2.34. The van der Waals surface area contributed by atoms with Gasteiger partial charge in [-0.2, -0.15) is 13.2 Å². The highest BCUT2D eigenvalue weighted by molar-refractivity contribution is 7.15. The summed E-state index contributed by atoms with van der Waals surface area (Å²) in [5.41, 5.74) is 0.381. The van der Waals surface area contributed by atoms with E-state index in [4.69, 9.17) is 5.11 Å². The number of nitrogens with zero attached hydrogens (tertiary/aromatic N) is 1. The van der Waals surface area contributed by atoms with Gasteiger partial charge >= 0.3 is 6.18 Å². The quantitative estimate of drug-likeness (QED) is 0.737. The number of phenolic OH excluding ortho intramolecular Hbond substituents is 1. The first kappa shape index (κ1) is 16.1. The molecule has 0 saturated heterocycles. The van der Waals surface area contributed by atoms with Gasteiger partial charge in [0, 0.05) is 18.7 Å². The predicted molar refractivity (Wildman–Crippen MR) is 76.0 cm³/mol. The molecule has 22 heavy (non-hydrogen) atoms. The van der Waals surface area contributed by atoms with E-state index < -0.39 is 11.1 Å². The molecule has 0 radical (unpaired) electrons. The maximum absolute atomic E-state index is 12.4. The summed E-state index contributed by atoms with van der Waals surface area (Å²) in [5, 5.41) is 14.6. The molecule has 1 aromatic carbocycles. The van der Waals surface area contributed by atoms with E-state index in [-0.39, 0.29) is 29.9 Å². The summed E-state index contributed by atoms with van der Waals surface area (Å²) in [5.74, 6) is -0.278. The Morgan fingerprint density at radius 1 is 1.23 bits per heavy atom. The van der Waals surface area contributed by atoms with Crippen molar-refractivity contribution in [1.82, 2.24) is 10.3 Å². The van der Waals surface area contributed by atoms with Crippen LogP contribution < -0.4 is 10.6 Å². The molecule has 0 saturated carbocycles. The van der Waals surface area contributed by atoms with Crippen molar-refractivity contribution in [1.29, 1.82) is 0 Å². The van der Waals surface area contributed by atoms with Gasteiger partial charge in [-0.05, 0) is 24.3 Å². The minimum absolute atomic E-state index is 0.0578. The van der Waals surface area contributed by atoms with Crippen molar-refractivity contribution in [2.75, 3.05) is 18.4 Å². The summed E-state index contributed by atoms with van der Waals surface area (Å²) in [6.45, 7) is 0.468. The molecule has 0 aliphatic carbocycles. The molecule has 5 nitrogen and oxygen atoms in total. The van der Waals surface area contributed by atoms with Gasteiger partial charge in [-0.25, -0.2) is 4.98 Å². The average molecular weight is 331 g/mol. The van der Waals surface area contributed by atoms with Crippen LogP contribution in [0.1, 0.15) is 15.2 Å². The van der Waals surface area contributed by atoms with Crippen LogP contribution in [0, 0.1) is 0 Å². The van der Waals surface area contributed by atoms with Crippen molar-refractivity contribution in [3.8, 4) is 5.75 Å². The van der Waals surface area contributed by atoms with Crippen molar-refractivity contribution in [3.63, 3.8) is 0 Å². The zero-order valence-corrected chi connectivity index (χ0v) is 12.0. The number of anilines is 1. The Morgan fingerprint density at radius 2 is 1.91 bits per heavy atom. The van der Waals surface area contributed by atoms with Gasteiger partial charge < -0.3 is 15.7 Å². The number of carbonyl (C=O) groups is 1. The normalized spacial score (nSPS) is 11.2. The summed E-state index contributed by atoms with van der Waals surface area (Å²) in [6.07, 6.45) is -3.63. The molecule has 0 aliphatic heterocycles. The van der Waals surface area contributed by atoms with Gasteiger partial charge in [0.1, 0.15) is 10.6 Å². The number of hydrogen-bond donors (Lipinski definition) is 3. The minimum atomic E-state index is -4.40. The smallest absolute Gasteiger partial charge is 0.427 e. The Balaban J connectivity index is 1.76. The summed E-state index contributed by atoms with van der Waals surface area (Å²) < 4.78 is 37.1. The lowest BCUT2D eigenvalue weighted by Crippen LogP contribution is -2.28. The lowest BCUT2D eigenvalue weighted by molar-refractivity contribution is -0.134. The Bertz CT molecular complexity index is 641. The molecule has 3 N–H and O–H groups in total. The lowest BCUT2D eigenvalue weighted by Gasteiger charge is -2.06. The van der Waals surface area contributed by atoms with E-state index in [1.807, 2.05) is 0 Å². The summed E-state index contributed by atoms with van der Waals surface area (Å²) >= 11 is 0.509. The van der Waals surface area contributed by atoms with E-state index in [1.165, 1.54) is 24.3 Å². The van der Waals surface area contributed by atoms with Gasteiger partial charge in [0.05, 0.1) is 6.20 Å². The topological polar surface area (TPSA) is 74.2 Å². The maximum atomic E-state index is 12.4. The van der Waals surface area contributed by atoms with Crippen LogP contribution in [0.4, 0.5) is 18.3 Å². The summed E-state index contributed by atoms with van der Waals surface area (Å²) in [6, 6.07) is 5.71. The second kappa shape index (κ2) is 6.65. The van der Waals surface area contributed by atoms with Gasteiger partial charge in [0.2, 0.25) is 0 Å². The largest absolute Gasteiger partial charge is 0.508 e. The second-order valence-corrected chi connectivity index (χ2v) is 5.29. The van der Waals surface area contributed by atoms with Crippen LogP contribution in [-0.4, -0.2) is 29.1 Å². The summed E-state index contributed by atoms with van der Waals surface area (Å²) in [7, 11) is 0. The van der Waals surface area contributed by atoms with Crippen LogP contribution in [0.2, 0.25) is 0 Å². The zero-order chi connectivity index (χ0) is 16.2. The molecule has 0 aliphatic rings. The van der Waals surface area contributed by atoms with E-state index in [0.717, 1.165) is 6.20 Å². The highest BCUT2D eigenvalue weighted by atomic mass is 32.1. The third-order valence-corrected chi connectivity index (χ3v) is 3.60. The fourth-order valence-corrected chi connectivity index (χ4v) is 2.26. The number of rotatable bonds is 5. The number of aromatic nitrogens is 1. The number of aromatic hydroxyl groups is 1. The third kappa shape index (κ3) is 4.35. The van der Waals surface area contributed by atoms with Crippen molar-refractivity contribution in [3.05, 3.63) is 40.9 Å². The van der Waals surface area contributed by atoms with Crippen molar-refractivity contribution in [2.45, 2.75) is 6.18 Å². The van der Waals surface area contributed by atoms with Crippen LogP contribution in [0.25, 0.3) is 0 Å². The fraction of sp³-hybridized carbons (Fsp3) is 0.231. The third-order valence-electron chi connectivity index (χ3n) is 2.60. The van der Waals surface area contributed by atoms with E-state index in [2.05, 4.69) is 15.6 Å². The molecule has 0 spiro atoms. The standard InChI is InChI=1S/C13H12F3N3O2S/c14-13(15,16)10-7-19-12(22-10)18-6-5-17-11(21)8-1-3-9(20)4-2-8/h1-4,7,20H,5-6H2,(H,17,21)(H,18,19). The molecule has 0 fully saturated rings. The van der Waals surface area contributed by atoms with E-state index >= 15 is 0 Å². The van der Waals surface area contributed by atoms with Crippen molar-refractivity contribution < 1.29 is 23.1 Å². The number of benzene rings is 1. The minimum Gasteiger partial charge on any atom is -0.508 e. The number of halogens is 3. The first-order valence-electron chi connectivity index (χ1n) is 6.20. The molecular weight excluding hydrogens is 319 g/mol. The maximum Gasteiger partial charge on any atom is 0.427 e. The number of phenols is 1. The highest BCUT2D eigenvalue weighted by Gasteiger charge is 2.33. The van der Waals surface area contributed by atoms with E-state index in [1.54, 1.807) is 0 Å². The molecule has 1 aromatic heterocycles. The Kier molecular flexibility index (Phi) is 4.86.